The molecule has 1 aromatic rings. The molecule has 0 aliphatic carbocycles. The number of hydrogen-bond donors (Lipinski definition) is 3. The van der Waals surface area contributed by atoms with E-state index in [1.54, 1.807) is 0 Å². The fourth-order valence-electron chi connectivity index (χ4n) is 1.93. The number of alkyl carbamates (subject to hydrolysis) is 1. The predicted molar refractivity (Wildman–Crippen MR) is 85.3 cm³/mol. The molecule has 0 aliphatic heterocycles. The highest BCUT2D eigenvalue weighted by molar-refractivity contribution is 5.84. The lowest BCUT2D eigenvalue weighted by atomic mass is 10.1. The molecule has 0 bridgehead atoms. The van der Waals surface area contributed by atoms with Crippen molar-refractivity contribution in [2.24, 2.45) is 5.73 Å². The van der Waals surface area contributed by atoms with E-state index in [2.05, 4.69) is 10.6 Å². The lowest BCUT2D eigenvalue weighted by Gasteiger charge is -2.15. The third kappa shape index (κ3) is 8.45. The Morgan fingerprint density at radius 3 is 2.48 bits per heavy atom. The summed E-state index contributed by atoms with van der Waals surface area (Å²) in [7, 11) is 0. The van der Waals surface area contributed by atoms with Crippen LogP contribution in [0.15, 0.2) is 30.3 Å². The van der Waals surface area contributed by atoms with E-state index in [-0.39, 0.29) is 12.5 Å². The van der Waals surface area contributed by atoms with E-state index in [9.17, 15) is 14.4 Å². The lowest BCUT2D eigenvalue weighted by Crippen LogP contribution is -2.44. The molecule has 1 rings (SSSR count). The second kappa shape index (κ2) is 10.2. The highest BCUT2D eigenvalue weighted by Crippen LogP contribution is 2.03. The lowest BCUT2D eigenvalue weighted by molar-refractivity contribution is -0.120. The van der Waals surface area contributed by atoms with E-state index >= 15 is 0 Å². The van der Waals surface area contributed by atoms with Gasteiger partial charge in [-0.05, 0) is 24.8 Å². The summed E-state index contributed by atoms with van der Waals surface area (Å²) in [6, 6.07) is 8.45. The number of hydrogen-bond acceptors (Lipinski definition) is 4. The van der Waals surface area contributed by atoms with Crippen molar-refractivity contribution in [2.75, 3.05) is 6.54 Å². The third-order valence-electron chi connectivity index (χ3n) is 3.14. The van der Waals surface area contributed by atoms with Crippen molar-refractivity contribution in [2.45, 2.75) is 38.8 Å². The molecule has 0 spiro atoms. The second-order valence-electron chi connectivity index (χ2n) is 5.14. The van der Waals surface area contributed by atoms with Crippen molar-refractivity contribution in [3.63, 3.8) is 0 Å². The highest BCUT2D eigenvalue weighted by Gasteiger charge is 2.18. The van der Waals surface area contributed by atoms with Gasteiger partial charge in [-0.2, -0.15) is 0 Å². The predicted octanol–water partition coefficient (Wildman–Crippen LogP) is 1.07. The minimum absolute atomic E-state index is 0.0981. The Hall–Kier alpha value is -2.57. The van der Waals surface area contributed by atoms with E-state index in [1.807, 2.05) is 30.3 Å². The van der Waals surface area contributed by atoms with Crippen LogP contribution >= 0.6 is 0 Å². The summed E-state index contributed by atoms with van der Waals surface area (Å²) < 4.78 is 5.05. The topological polar surface area (TPSA) is 111 Å². The van der Waals surface area contributed by atoms with Gasteiger partial charge in [-0.15, -0.1) is 0 Å². The molecule has 0 saturated heterocycles. The third-order valence-corrected chi connectivity index (χ3v) is 3.14. The van der Waals surface area contributed by atoms with E-state index in [1.165, 1.54) is 6.92 Å². The van der Waals surface area contributed by atoms with Crippen LogP contribution in [0.5, 0.6) is 0 Å². The number of unbranched alkanes of at least 4 members (excludes halogenated alkanes) is 1. The number of amides is 3. The Labute approximate surface area is 135 Å². The van der Waals surface area contributed by atoms with E-state index in [0.29, 0.717) is 25.8 Å². The molecule has 7 heteroatoms. The van der Waals surface area contributed by atoms with Crippen molar-refractivity contribution in [1.82, 2.24) is 10.6 Å². The SMILES string of the molecule is CC(=O)NCCCC[C@H](NC(=O)OCc1ccccc1)C(N)=O. The zero-order valence-electron chi connectivity index (χ0n) is 13.2. The number of carbonyl (C=O) groups excluding carboxylic acids is 3. The maximum atomic E-state index is 11.7. The van der Waals surface area contributed by atoms with Gasteiger partial charge in [0.05, 0.1) is 0 Å². The molecule has 0 heterocycles. The average Bonchev–Trinajstić information content (AvgIpc) is 2.52. The Bertz CT molecular complexity index is 519. The molecule has 0 unspecified atom stereocenters. The summed E-state index contributed by atoms with van der Waals surface area (Å²) in [4.78, 5) is 33.8. The van der Waals surface area contributed by atoms with Gasteiger partial charge in [-0.3, -0.25) is 9.59 Å². The number of carbonyl (C=O) groups is 3. The van der Waals surface area contributed by atoms with Crippen molar-refractivity contribution >= 4 is 17.9 Å². The van der Waals surface area contributed by atoms with E-state index in [4.69, 9.17) is 10.5 Å². The van der Waals surface area contributed by atoms with Crippen molar-refractivity contribution in [3.05, 3.63) is 35.9 Å². The van der Waals surface area contributed by atoms with Gasteiger partial charge in [-0.25, -0.2) is 4.79 Å². The van der Waals surface area contributed by atoms with Gasteiger partial charge < -0.3 is 21.1 Å². The Balaban J connectivity index is 2.29. The number of nitrogens with one attached hydrogen (secondary N) is 2. The minimum Gasteiger partial charge on any atom is -0.445 e. The van der Waals surface area contributed by atoms with E-state index < -0.39 is 18.0 Å². The number of benzene rings is 1. The fraction of sp³-hybridized carbons (Fsp3) is 0.438. The van der Waals surface area contributed by atoms with Crippen LogP contribution in [0.4, 0.5) is 4.79 Å². The molecular formula is C16H23N3O4. The smallest absolute Gasteiger partial charge is 0.408 e. The summed E-state index contributed by atoms with van der Waals surface area (Å²) in [5, 5.41) is 5.12. The molecule has 7 nitrogen and oxygen atoms in total. The Morgan fingerprint density at radius 1 is 1.17 bits per heavy atom. The van der Waals surface area contributed by atoms with Gasteiger partial charge in [0.25, 0.3) is 0 Å². The number of nitrogens with two attached hydrogens (primary N) is 1. The first-order valence-electron chi connectivity index (χ1n) is 7.50. The summed E-state index contributed by atoms with van der Waals surface area (Å²) in [6.45, 7) is 2.09. The maximum absolute atomic E-state index is 11.7. The Morgan fingerprint density at radius 2 is 1.87 bits per heavy atom. The summed E-state index contributed by atoms with van der Waals surface area (Å²) >= 11 is 0. The molecular weight excluding hydrogens is 298 g/mol. The van der Waals surface area contributed by atoms with Crippen LogP contribution in [-0.2, 0) is 20.9 Å². The fourth-order valence-corrected chi connectivity index (χ4v) is 1.93. The first kappa shape index (κ1) is 18.5. The molecule has 3 amide bonds. The van der Waals surface area contributed by atoms with Crippen LogP contribution in [0.3, 0.4) is 0 Å². The maximum Gasteiger partial charge on any atom is 0.408 e. The summed E-state index contributed by atoms with van der Waals surface area (Å²) in [6.07, 6.45) is 1.06. The van der Waals surface area contributed by atoms with Crippen LogP contribution in [-0.4, -0.2) is 30.5 Å². The quantitative estimate of drug-likeness (QED) is 0.591. The molecule has 0 saturated carbocycles. The summed E-state index contributed by atoms with van der Waals surface area (Å²) in [5.41, 5.74) is 6.13. The number of ether oxygens (including phenoxy) is 1. The first-order valence-corrected chi connectivity index (χ1v) is 7.50. The van der Waals surface area contributed by atoms with Gasteiger partial charge in [-0.1, -0.05) is 30.3 Å². The number of primary amides is 1. The van der Waals surface area contributed by atoms with Crippen LogP contribution in [0.2, 0.25) is 0 Å². The second-order valence-corrected chi connectivity index (χ2v) is 5.14. The van der Waals surface area contributed by atoms with Gasteiger partial charge in [0.15, 0.2) is 0 Å². The average molecular weight is 321 g/mol. The van der Waals surface area contributed by atoms with Crippen molar-refractivity contribution < 1.29 is 19.1 Å². The molecule has 0 aliphatic rings. The molecule has 0 radical (unpaired) electrons. The molecule has 1 aromatic carbocycles. The van der Waals surface area contributed by atoms with Crippen molar-refractivity contribution in [1.29, 1.82) is 0 Å². The number of rotatable bonds is 9. The zero-order valence-corrected chi connectivity index (χ0v) is 13.2. The largest absolute Gasteiger partial charge is 0.445 e. The van der Waals surface area contributed by atoms with Crippen LogP contribution in [0.25, 0.3) is 0 Å². The standard InChI is InChI=1S/C16H23N3O4/c1-12(20)18-10-6-5-9-14(15(17)21)19-16(22)23-11-13-7-3-2-4-8-13/h2-4,7-8,14H,5-6,9-11H2,1H3,(H2,17,21)(H,18,20)(H,19,22)/t14-/m0/s1. The molecule has 4 N–H and O–H groups in total. The zero-order chi connectivity index (χ0) is 17.1. The Kier molecular flexibility index (Phi) is 8.20. The highest BCUT2D eigenvalue weighted by atomic mass is 16.5. The van der Waals surface area contributed by atoms with Crippen molar-refractivity contribution in [3.8, 4) is 0 Å². The van der Waals surface area contributed by atoms with Gasteiger partial charge in [0, 0.05) is 13.5 Å². The molecule has 0 aromatic heterocycles. The monoisotopic (exact) mass is 321 g/mol. The van der Waals surface area contributed by atoms with Crippen LogP contribution in [0.1, 0.15) is 31.7 Å². The van der Waals surface area contributed by atoms with Crippen LogP contribution in [0, 0.1) is 0 Å². The summed E-state index contributed by atoms with van der Waals surface area (Å²) in [5.74, 6) is -0.708. The first-order chi connectivity index (χ1) is 11.0. The minimum atomic E-state index is -0.782. The van der Waals surface area contributed by atoms with Crippen LogP contribution < -0.4 is 16.4 Å². The molecule has 1 atom stereocenters. The van der Waals surface area contributed by atoms with E-state index in [0.717, 1.165) is 5.56 Å². The van der Waals surface area contributed by atoms with Gasteiger partial charge in [0.1, 0.15) is 12.6 Å². The molecule has 126 valence electrons. The van der Waals surface area contributed by atoms with Gasteiger partial charge in [0.2, 0.25) is 11.8 Å². The normalized spacial score (nSPS) is 11.3. The molecule has 0 fully saturated rings. The van der Waals surface area contributed by atoms with Gasteiger partial charge >= 0.3 is 6.09 Å². The molecule has 23 heavy (non-hydrogen) atoms.